The molecule has 0 spiro atoms. The number of tetrazole rings is 1. The van der Waals surface area contributed by atoms with Crippen LogP contribution < -0.4 is 0 Å². The van der Waals surface area contributed by atoms with Gasteiger partial charge in [-0.25, -0.2) is 9.07 Å². The first kappa shape index (κ1) is 17.7. The van der Waals surface area contributed by atoms with Crippen molar-refractivity contribution in [3.05, 3.63) is 76.8 Å². The molecule has 0 saturated heterocycles. The lowest BCUT2D eigenvalue weighted by molar-refractivity contribution is 0.623. The van der Waals surface area contributed by atoms with Crippen molar-refractivity contribution in [2.75, 3.05) is 0 Å². The highest BCUT2D eigenvalue weighted by atomic mass is 35.5. The maximum absolute atomic E-state index is 13.5. The summed E-state index contributed by atoms with van der Waals surface area (Å²) in [6.07, 6.45) is 0. The molecule has 27 heavy (non-hydrogen) atoms. The molecule has 0 aliphatic heterocycles. The second-order valence-corrected chi connectivity index (χ2v) is 7.04. The summed E-state index contributed by atoms with van der Waals surface area (Å²) < 4.78 is 16.7. The van der Waals surface area contributed by atoms with Crippen LogP contribution in [0.4, 0.5) is 4.39 Å². The molecule has 0 aliphatic rings. The Bertz CT molecular complexity index is 1080. The van der Waals surface area contributed by atoms with E-state index < -0.39 is 0 Å². The summed E-state index contributed by atoms with van der Waals surface area (Å²) in [7, 11) is 0. The second-order valence-electron chi connectivity index (χ2n) is 5.74. The Morgan fingerprint density at radius 2 is 1.81 bits per heavy atom. The SMILES string of the molecule is Cc1nn(-c2ccccc2)c(Cl)c1CSc1nnnn1-c1cccc(F)c1. The highest BCUT2D eigenvalue weighted by Gasteiger charge is 2.17. The minimum atomic E-state index is -0.345. The van der Waals surface area contributed by atoms with Crippen molar-refractivity contribution in [2.45, 2.75) is 17.8 Å². The van der Waals surface area contributed by atoms with Gasteiger partial charge in [0.25, 0.3) is 0 Å². The molecule has 0 bridgehead atoms. The molecule has 0 aliphatic carbocycles. The highest BCUT2D eigenvalue weighted by Crippen LogP contribution is 2.30. The first-order valence-electron chi connectivity index (χ1n) is 8.10. The molecule has 0 unspecified atom stereocenters. The van der Waals surface area contributed by atoms with Crippen molar-refractivity contribution in [1.82, 2.24) is 30.0 Å². The van der Waals surface area contributed by atoms with Crippen molar-refractivity contribution in [3.8, 4) is 11.4 Å². The van der Waals surface area contributed by atoms with Crippen molar-refractivity contribution >= 4 is 23.4 Å². The number of hydrogen-bond acceptors (Lipinski definition) is 5. The zero-order valence-electron chi connectivity index (χ0n) is 14.3. The Labute approximate surface area is 164 Å². The Balaban J connectivity index is 1.59. The molecular formula is C18H14ClFN6S. The van der Waals surface area contributed by atoms with Gasteiger partial charge in [0.05, 0.1) is 17.1 Å². The van der Waals surface area contributed by atoms with Crippen LogP contribution in [0.1, 0.15) is 11.3 Å². The Morgan fingerprint density at radius 3 is 2.59 bits per heavy atom. The van der Waals surface area contributed by atoms with E-state index in [0.29, 0.717) is 21.7 Å². The summed E-state index contributed by atoms with van der Waals surface area (Å²) in [6, 6.07) is 15.8. The van der Waals surface area contributed by atoms with Crippen molar-refractivity contribution in [1.29, 1.82) is 0 Å². The van der Waals surface area contributed by atoms with Gasteiger partial charge in [-0.2, -0.15) is 9.78 Å². The fraction of sp³-hybridized carbons (Fsp3) is 0.111. The van der Waals surface area contributed by atoms with Gasteiger partial charge in [-0.3, -0.25) is 0 Å². The number of hydrogen-bond donors (Lipinski definition) is 0. The van der Waals surface area contributed by atoms with Gasteiger partial charge in [-0.05, 0) is 47.7 Å². The quantitative estimate of drug-likeness (QED) is 0.469. The van der Waals surface area contributed by atoms with Crippen LogP contribution in [0.2, 0.25) is 5.15 Å². The van der Waals surface area contributed by atoms with Gasteiger partial charge in [0.15, 0.2) is 0 Å². The van der Waals surface area contributed by atoms with Gasteiger partial charge >= 0.3 is 0 Å². The Hall–Kier alpha value is -2.71. The maximum atomic E-state index is 13.5. The topological polar surface area (TPSA) is 61.4 Å². The third-order valence-electron chi connectivity index (χ3n) is 3.96. The number of thioether (sulfide) groups is 1. The summed E-state index contributed by atoms with van der Waals surface area (Å²) in [5.74, 6) is 0.190. The Morgan fingerprint density at radius 1 is 1.04 bits per heavy atom. The molecule has 0 fully saturated rings. The lowest BCUT2D eigenvalue weighted by atomic mass is 10.3. The molecule has 4 aromatic rings. The van der Waals surface area contributed by atoms with E-state index in [0.717, 1.165) is 16.9 Å². The van der Waals surface area contributed by atoms with E-state index in [4.69, 9.17) is 11.6 Å². The number of para-hydroxylation sites is 1. The lowest BCUT2D eigenvalue weighted by Gasteiger charge is -2.05. The zero-order valence-corrected chi connectivity index (χ0v) is 15.8. The van der Waals surface area contributed by atoms with Gasteiger partial charge < -0.3 is 0 Å². The van der Waals surface area contributed by atoms with Gasteiger partial charge in [0, 0.05) is 11.3 Å². The third-order valence-corrected chi connectivity index (χ3v) is 5.30. The normalized spacial score (nSPS) is 11.1. The number of nitrogens with zero attached hydrogens (tertiary/aromatic N) is 6. The molecule has 0 N–H and O–H groups in total. The van der Waals surface area contributed by atoms with E-state index in [-0.39, 0.29) is 5.82 Å². The van der Waals surface area contributed by atoms with Crippen LogP contribution in [0.5, 0.6) is 0 Å². The Kier molecular flexibility index (Phi) is 4.91. The van der Waals surface area contributed by atoms with E-state index in [9.17, 15) is 4.39 Å². The van der Waals surface area contributed by atoms with Crippen molar-refractivity contribution < 1.29 is 4.39 Å². The zero-order chi connectivity index (χ0) is 18.8. The monoisotopic (exact) mass is 400 g/mol. The molecule has 4 rings (SSSR count). The van der Waals surface area contributed by atoms with Crippen LogP contribution in [0.15, 0.2) is 59.8 Å². The average molecular weight is 401 g/mol. The highest BCUT2D eigenvalue weighted by molar-refractivity contribution is 7.98. The molecule has 0 atom stereocenters. The molecule has 9 heteroatoms. The minimum absolute atomic E-state index is 0.345. The molecule has 2 aromatic heterocycles. The van der Waals surface area contributed by atoms with Crippen LogP contribution in [-0.4, -0.2) is 30.0 Å². The predicted molar refractivity (Wildman–Crippen MR) is 102 cm³/mol. The summed E-state index contributed by atoms with van der Waals surface area (Å²) in [5.41, 5.74) is 3.19. The fourth-order valence-corrected chi connectivity index (χ4v) is 4.01. The molecule has 6 nitrogen and oxygen atoms in total. The van der Waals surface area contributed by atoms with Crippen LogP contribution in [0, 0.1) is 12.7 Å². The standard InChI is InChI=1S/C18H14ClFN6S/c1-12-16(17(19)25(22-12)14-7-3-2-4-8-14)11-27-18-21-23-24-26(18)15-9-5-6-13(20)10-15/h2-10H,11H2,1H3. The summed E-state index contributed by atoms with van der Waals surface area (Å²) in [5, 5.41) is 17.3. The molecule has 2 aromatic carbocycles. The van der Waals surface area contributed by atoms with E-state index in [1.54, 1.807) is 16.8 Å². The number of aryl methyl sites for hydroxylation is 1. The molecule has 0 radical (unpaired) electrons. The molecule has 0 saturated carbocycles. The molecular weight excluding hydrogens is 387 g/mol. The molecule has 2 heterocycles. The summed E-state index contributed by atoms with van der Waals surface area (Å²) >= 11 is 7.97. The minimum Gasteiger partial charge on any atom is -0.222 e. The van der Waals surface area contributed by atoms with Crippen molar-refractivity contribution in [2.24, 2.45) is 0 Å². The van der Waals surface area contributed by atoms with E-state index in [1.807, 2.05) is 37.3 Å². The third kappa shape index (κ3) is 3.58. The molecule has 136 valence electrons. The van der Waals surface area contributed by atoms with Gasteiger partial charge in [-0.1, -0.05) is 47.6 Å². The fourth-order valence-electron chi connectivity index (χ4n) is 2.61. The average Bonchev–Trinajstić information content (AvgIpc) is 3.25. The van der Waals surface area contributed by atoms with Gasteiger partial charge in [0.2, 0.25) is 5.16 Å². The van der Waals surface area contributed by atoms with Crippen LogP contribution in [0.25, 0.3) is 11.4 Å². The largest absolute Gasteiger partial charge is 0.222 e. The summed E-state index contributed by atoms with van der Waals surface area (Å²) in [6.45, 7) is 1.91. The first-order chi connectivity index (χ1) is 13.1. The van der Waals surface area contributed by atoms with Crippen LogP contribution in [0.3, 0.4) is 0 Å². The maximum Gasteiger partial charge on any atom is 0.214 e. The molecule has 0 amide bonds. The van der Waals surface area contributed by atoms with E-state index >= 15 is 0 Å². The smallest absolute Gasteiger partial charge is 0.214 e. The van der Waals surface area contributed by atoms with Gasteiger partial charge in [-0.15, -0.1) is 5.10 Å². The summed E-state index contributed by atoms with van der Waals surface area (Å²) in [4.78, 5) is 0. The van der Waals surface area contributed by atoms with Crippen molar-refractivity contribution in [3.63, 3.8) is 0 Å². The number of halogens is 2. The number of benzene rings is 2. The lowest BCUT2D eigenvalue weighted by Crippen LogP contribution is -1.99. The second kappa shape index (κ2) is 7.50. The van der Waals surface area contributed by atoms with E-state index in [2.05, 4.69) is 20.6 Å². The predicted octanol–water partition coefficient (Wildman–Crippen LogP) is 4.24. The van der Waals surface area contributed by atoms with Crippen LogP contribution >= 0.6 is 23.4 Å². The number of aromatic nitrogens is 6. The number of rotatable bonds is 5. The van der Waals surface area contributed by atoms with Crippen LogP contribution in [-0.2, 0) is 5.75 Å². The van der Waals surface area contributed by atoms with Gasteiger partial charge in [0.1, 0.15) is 11.0 Å². The first-order valence-corrected chi connectivity index (χ1v) is 9.46. The van der Waals surface area contributed by atoms with E-state index in [1.165, 1.54) is 28.6 Å².